The molecule has 3 aliphatic rings. The molecule has 228 valence electrons. The Bertz CT molecular complexity index is 1350. The fraction of sp³-hybridized carbons (Fsp3) is 0.531. The third-order valence-electron chi connectivity index (χ3n) is 7.89. The summed E-state index contributed by atoms with van der Waals surface area (Å²) in [4.78, 5) is 29.9. The lowest BCUT2D eigenvalue weighted by atomic mass is 10.0. The largest absolute Gasteiger partial charge is 0.378 e. The molecule has 6 rings (SSSR count). The van der Waals surface area contributed by atoms with Crippen molar-refractivity contribution in [3.8, 4) is 0 Å². The third-order valence-corrected chi connectivity index (χ3v) is 7.89. The van der Waals surface area contributed by atoms with E-state index in [-0.39, 0.29) is 11.9 Å². The van der Waals surface area contributed by atoms with Crippen LogP contribution in [0.1, 0.15) is 69.4 Å². The van der Waals surface area contributed by atoms with Crippen LogP contribution in [0.15, 0.2) is 36.5 Å². The van der Waals surface area contributed by atoms with Gasteiger partial charge in [0, 0.05) is 61.6 Å². The Labute approximate surface area is 248 Å². The van der Waals surface area contributed by atoms with E-state index in [1.54, 1.807) is 6.20 Å². The summed E-state index contributed by atoms with van der Waals surface area (Å²) < 4.78 is 32.9. The number of benzene rings is 2. The lowest BCUT2D eigenvalue weighted by molar-refractivity contribution is 0.0571. The summed E-state index contributed by atoms with van der Waals surface area (Å²) in [6, 6.07) is 7.51. The van der Waals surface area contributed by atoms with Crippen molar-refractivity contribution in [1.29, 1.82) is 0 Å². The van der Waals surface area contributed by atoms with Gasteiger partial charge in [0.1, 0.15) is 5.82 Å². The Morgan fingerprint density at radius 3 is 2.50 bits per heavy atom. The second-order valence-corrected chi connectivity index (χ2v) is 10.3. The van der Waals surface area contributed by atoms with Crippen LogP contribution in [-0.2, 0) is 4.74 Å². The number of carbonyl (C=O) groups is 1. The lowest BCUT2D eigenvalue weighted by Crippen LogP contribution is -2.52. The van der Waals surface area contributed by atoms with Crippen LogP contribution in [0, 0.1) is 11.6 Å². The Kier molecular flexibility index (Phi) is 11.0. The molecule has 8 nitrogen and oxygen atoms in total. The Hall–Kier alpha value is -3.37. The zero-order valence-electron chi connectivity index (χ0n) is 25.5. The van der Waals surface area contributed by atoms with Gasteiger partial charge < -0.3 is 19.9 Å². The van der Waals surface area contributed by atoms with Gasteiger partial charge in [-0.3, -0.25) is 14.7 Å². The maximum atomic E-state index is 13.9. The van der Waals surface area contributed by atoms with Crippen molar-refractivity contribution in [2.75, 3.05) is 62.7 Å². The van der Waals surface area contributed by atoms with E-state index in [9.17, 15) is 13.6 Å². The highest BCUT2D eigenvalue weighted by molar-refractivity contribution is 5.98. The molecule has 0 radical (unpaired) electrons. The zero-order chi connectivity index (χ0) is 30.2. The van der Waals surface area contributed by atoms with Gasteiger partial charge in [0.15, 0.2) is 11.6 Å². The van der Waals surface area contributed by atoms with E-state index in [4.69, 9.17) is 14.7 Å². The second-order valence-electron chi connectivity index (χ2n) is 10.3. The number of fused-ring (bicyclic) bond motifs is 2. The summed E-state index contributed by atoms with van der Waals surface area (Å²) in [6.07, 6.45) is 4.05. The van der Waals surface area contributed by atoms with E-state index in [0.29, 0.717) is 48.1 Å². The van der Waals surface area contributed by atoms with Crippen molar-refractivity contribution in [2.24, 2.45) is 0 Å². The smallest absolute Gasteiger partial charge is 0.254 e. The van der Waals surface area contributed by atoms with Crippen molar-refractivity contribution in [2.45, 2.75) is 59.5 Å². The number of amides is 1. The summed E-state index contributed by atoms with van der Waals surface area (Å²) in [6.45, 7) is 16.1. The fourth-order valence-corrected chi connectivity index (χ4v) is 5.80. The highest BCUT2D eigenvalue weighted by atomic mass is 19.2. The molecule has 42 heavy (non-hydrogen) atoms. The second kappa shape index (κ2) is 14.7. The van der Waals surface area contributed by atoms with Crippen molar-refractivity contribution in [1.82, 2.24) is 19.8 Å². The number of aromatic nitrogens is 2. The van der Waals surface area contributed by atoms with Gasteiger partial charge in [-0.25, -0.2) is 13.8 Å². The average molecular weight is 583 g/mol. The minimum Gasteiger partial charge on any atom is -0.378 e. The molecule has 1 amide bonds. The summed E-state index contributed by atoms with van der Waals surface area (Å²) in [7, 11) is 0. The van der Waals surface area contributed by atoms with Gasteiger partial charge in [0.05, 0.1) is 36.5 Å². The predicted octanol–water partition coefficient (Wildman–Crippen LogP) is 5.89. The van der Waals surface area contributed by atoms with Crippen molar-refractivity contribution >= 4 is 28.4 Å². The molecule has 2 atom stereocenters. The number of nitrogens with one attached hydrogen (secondary N) is 1. The standard InChI is InChI=1S/C28H32F2N6O2.2C2H6/c1-18(32-20-4-5-23(29)24(30)15-20)22-13-19(28(37)36-8-7-34-6-2-3-21(34)17-36)14-25-27(22)33-26(16-31-25)35-9-11-38-12-10-35;2*1-2/h4-5,13-16,18,21,32H,2-3,6-12,17H2,1H3;2*1-2H3. The molecule has 0 aliphatic carbocycles. The van der Waals surface area contributed by atoms with Gasteiger partial charge in [-0.05, 0) is 50.6 Å². The van der Waals surface area contributed by atoms with Gasteiger partial charge in [0.25, 0.3) is 5.91 Å². The Morgan fingerprint density at radius 1 is 1.00 bits per heavy atom. The Balaban J connectivity index is 0.000000972. The predicted molar refractivity (Wildman–Crippen MR) is 164 cm³/mol. The summed E-state index contributed by atoms with van der Waals surface area (Å²) in [5.74, 6) is -1.08. The van der Waals surface area contributed by atoms with Crippen LogP contribution in [0.2, 0.25) is 0 Å². The van der Waals surface area contributed by atoms with Crippen LogP contribution >= 0.6 is 0 Å². The van der Waals surface area contributed by atoms with Crippen LogP contribution in [0.3, 0.4) is 0 Å². The van der Waals surface area contributed by atoms with E-state index in [0.717, 1.165) is 62.7 Å². The molecular formula is C32H44F2N6O2. The van der Waals surface area contributed by atoms with E-state index in [1.807, 2.05) is 51.7 Å². The van der Waals surface area contributed by atoms with Gasteiger partial charge in [0.2, 0.25) is 0 Å². The first-order chi connectivity index (χ1) is 20.5. The molecule has 4 heterocycles. The zero-order valence-corrected chi connectivity index (χ0v) is 25.5. The number of morpholine rings is 1. The van der Waals surface area contributed by atoms with Crippen molar-refractivity contribution in [3.63, 3.8) is 0 Å². The molecule has 1 N–H and O–H groups in total. The molecule has 1 aromatic heterocycles. The third kappa shape index (κ3) is 6.98. The Morgan fingerprint density at radius 2 is 1.76 bits per heavy atom. The number of rotatable bonds is 5. The lowest BCUT2D eigenvalue weighted by Gasteiger charge is -2.37. The minimum atomic E-state index is -0.920. The number of halogens is 2. The maximum absolute atomic E-state index is 13.9. The number of anilines is 2. The molecule has 0 saturated carbocycles. The molecule has 10 heteroatoms. The van der Waals surface area contributed by atoms with E-state index in [1.165, 1.54) is 12.5 Å². The first kappa shape index (κ1) is 31.6. The van der Waals surface area contributed by atoms with Crippen LogP contribution < -0.4 is 10.2 Å². The normalized spacial score (nSPS) is 19.3. The van der Waals surface area contributed by atoms with E-state index < -0.39 is 11.6 Å². The summed E-state index contributed by atoms with van der Waals surface area (Å²) in [5.41, 5.74) is 3.08. The minimum absolute atomic E-state index is 0.0150. The highest BCUT2D eigenvalue weighted by Crippen LogP contribution is 2.30. The summed E-state index contributed by atoms with van der Waals surface area (Å²) in [5, 5.41) is 3.25. The molecule has 0 bridgehead atoms. The number of carbonyl (C=O) groups excluding carboxylic acids is 1. The molecular weight excluding hydrogens is 538 g/mol. The van der Waals surface area contributed by atoms with Crippen LogP contribution in [0.5, 0.6) is 0 Å². The van der Waals surface area contributed by atoms with Gasteiger partial charge >= 0.3 is 0 Å². The van der Waals surface area contributed by atoms with Crippen molar-refractivity contribution < 1.29 is 18.3 Å². The van der Waals surface area contributed by atoms with Crippen molar-refractivity contribution in [3.05, 3.63) is 59.3 Å². The highest BCUT2D eigenvalue weighted by Gasteiger charge is 2.33. The molecule has 2 aromatic carbocycles. The monoisotopic (exact) mass is 582 g/mol. The van der Waals surface area contributed by atoms with Crippen LogP contribution in [0.4, 0.5) is 20.3 Å². The maximum Gasteiger partial charge on any atom is 0.254 e. The van der Waals surface area contributed by atoms with Crippen LogP contribution in [0.25, 0.3) is 11.0 Å². The molecule has 3 fully saturated rings. The van der Waals surface area contributed by atoms with Gasteiger partial charge in [-0.2, -0.15) is 0 Å². The van der Waals surface area contributed by atoms with E-state index >= 15 is 0 Å². The van der Waals surface area contributed by atoms with Gasteiger partial charge in [-0.1, -0.05) is 27.7 Å². The molecule has 3 aliphatic heterocycles. The molecule has 3 aromatic rings. The topological polar surface area (TPSA) is 73.8 Å². The number of hydrogen-bond donors (Lipinski definition) is 1. The number of ether oxygens (including phenoxy) is 1. The molecule has 3 saturated heterocycles. The first-order valence-electron chi connectivity index (χ1n) is 15.3. The SMILES string of the molecule is CC.CC.CC(Nc1ccc(F)c(F)c1)c1cc(C(=O)N2CCN3CCCC3C2)cc2ncc(N3CCOCC3)nc12. The quantitative estimate of drug-likeness (QED) is 0.402. The summed E-state index contributed by atoms with van der Waals surface area (Å²) >= 11 is 0. The molecule has 0 spiro atoms. The van der Waals surface area contributed by atoms with Crippen LogP contribution in [-0.4, -0.2) is 84.2 Å². The van der Waals surface area contributed by atoms with E-state index in [2.05, 4.69) is 15.1 Å². The number of nitrogens with zero attached hydrogens (tertiary/aromatic N) is 5. The van der Waals surface area contributed by atoms with Gasteiger partial charge in [-0.15, -0.1) is 0 Å². The molecule has 2 unspecified atom stereocenters. The number of hydrogen-bond acceptors (Lipinski definition) is 7. The average Bonchev–Trinajstić information content (AvgIpc) is 3.52. The fourth-order valence-electron chi connectivity index (χ4n) is 5.80. The number of piperazine rings is 1. The first-order valence-corrected chi connectivity index (χ1v) is 15.3.